The second-order valence-electron chi connectivity index (χ2n) is 7.38. The predicted octanol–water partition coefficient (Wildman–Crippen LogP) is 3.66. The molecule has 6 nitrogen and oxygen atoms in total. The van der Waals surface area contributed by atoms with E-state index in [1.165, 1.54) is 12.1 Å². The van der Waals surface area contributed by atoms with E-state index in [2.05, 4.69) is 0 Å². The maximum Gasteiger partial charge on any atom is 0.410 e. The monoisotopic (exact) mass is 381 g/mol. The standard InChI is InChI=1S/C19H27NO5S/c1-15-5-7-17(8-6-15)26(22,23)24-14-11-16-9-12-20(13-10-16)18(21)25-19(2,3)4/h5-8,11H,9-10,12-14H2,1-4H3. The Morgan fingerprint density at radius 1 is 1.15 bits per heavy atom. The molecule has 7 heteroatoms. The highest BCUT2D eigenvalue weighted by molar-refractivity contribution is 7.86. The van der Waals surface area contributed by atoms with Gasteiger partial charge in [0.15, 0.2) is 0 Å². The molecule has 1 aromatic rings. The quantitative estimate of drug-likeness (QED) is 0.588. The molecule has 1 aliphatic rings. The normalized spacial score (nSPS) is 15.7. The van der Waals surface area contributed by atoms with Gasteiger partial charge in [0, 0.05) is 13.1 Å². The molecule has 0 aromatic heterocycles. The predicted molar refractivity (Wildman–Crippen MR) is 99.4 cm³/mol. The molecule has 0 radical (unpaired) electrons. The minimum Gasteiger partial charge on any atom is -0.444 e. The summed E-state index contributed by atoms with van der Waals surface area (Å²) in [5.74, 6) is 0. The summed E-state index contributed by atoms with van der Waals surface area (Å²) in [6.07, 6.45) is 2.85. The highest BCUT2D eigenvalue weighted by atomic mass is 32.2. The Labute approximate surface area is 155 Å². The zero-order valence-electron chi connectivity index (χ0n) is 15.8. The van der Waals surface area contributed by atoms with Crippen molar-refractivity contribution in [2.45, 2.75) is 51.0 Å². The molecular weight excluding hydrogens is 354 g/mol. The lowest BCUT2D eigenvalue weighted by Crippen LogP contribution is -2.40. The molecular formula is C19H27NO5S. The van der Waals surface area contributed by atoms with Gasteiger partial charge in [-0.05, 0) is 52.7 Å². The molecule has 1 aliphatic heterocycles. The van der Waals surface area contributed by atoms with Crippen molar-refractivity contribution < 1.29 is 22.1 Å². The lowest BCUT2D eigenvalue weighted by atomic mass is 10.0. The minimum absolute atomic E-state index is 0.00200. The number of likely N-dealkylation sites (tertiary alicyclic amines) is 1. The molecule has 2 rings (SSSR count). The topological polar surface area (TPSA) is 72.9 Å². The average molecular weight is 381 g/mol. The van der Waals surface area contributed by atoms with Crippen LogP contribution in [0.1, 0.15) is 39.2 Å². The van der Waals surface area contributed by atoms with Crippen molar-refractivity contribution in [1.29, 1.82) is 0 Å². The Morgan fingerprint density at radius 2 is 1.73 bits per heavy atom. The first-order chi connectivity index (χ1) is 12.1. The van der Waals surface area contributed by atoms with Gasteiger partial charge in [0.2, 0.25) is 0 Å². The molecule has 1 aromatic carbocycles. The maximum atomic E-state index is 12.1. The zero-order valence-corrected chi connectivity index (χ0v) is 16.6. The smallest absolute Gasteiger partial charge is 0.410 e. The van der Waals surface area contributed by atoms with E-state index in [-0.39, 0.29) is 17.6 Å². The van der Waals surface area contributed by atoms with Crippen LogP contribution in [-0.4, -0.2) is 44.7 Å². The van der Waals surface area contributed by atoms with E-state index >= 15 is 0 Å². The van der Waals surface area contributed by atoms with Crippen molar-refractivity contribution in [3.8, 4) is 0 Å². The molecule has 1 fully saturated rings. The Bertz CT molecular complexity index is 750. The van der Waals surface area contributed by atoms with Gasteiger partial charge in [-0.3, -0.25) is 4.18 Å². The number of carbonyl (C=O) groups is 1. The number of hydrogen-bond donors (Lipinski definition) is 0. The fourth-order valence-corrected chi connectivity index (χ4v) is 3.37. The Morgan fingerprint density at radius 3 is 2.27 bits per heavy atom. The van der Waals surface area contributed by atoms with Crippen LogP contribution in [0.5, 0.6) is 0 Å². The third-order valence-electron chi connectivity index (χ3n) is 3.96. The number of hydrogen-bond acceptors (Lipinski definition) is 5. The lowest BCUT2D eigenvalue weighted by molar-refractivity contribution is 0.0236. The van der Waals surface area contributed by atoms with Gasteiger partial charge >= 0.3 is 6.09 Å². The van der Waals surface area contributed by atoms with Crippen LogP contribution in [0.15, 0.2) is 40.8 Å². The highest BCUT2D eigenvalue weighted by Crippen LogP contribution is 2.19. The number of piperidine rings is 1. The maximum absolute atomic E-state index is 12.1. The molecule has 26 heavy (non-hydrogen) atoms. The Hall–Kier alpha value is -1.86. The van der Waals surface area contributed by atoms with Gasteiger partial charge in [0.1, 0.15) is 5.60 Å². The number of aryl methyl sites for hydroxylation is 1. The first-order valence-electron chi connectivity index (χ1n) is 8.69. The average Bonchev–Trinajstić information content (AvgIpc) is 2.54. The number of carbonyl (C=O) groups excluding carboxylic acids is 1. The molecule has 0 spiro atoms. The molecule has 1 amide bonds. The fourth-order valence-electron chi connectivity index (χ4n) is 2.52. The van der Waals surface area contributed by atoms with E-state index in [4.69, 9.17) is 8.92 Å². The fraction of sp³-hybridized carbons (Fsp3) is 0.526. The van der Waals surface area contributed by atoms with Crippen molar-refractivity contribution >= 4 is 16.2 Å². The van der Waals surface area contributed by atoms with Gasteiger partial charge in [-0.2, -0.15) is 8.42 Å². The van der Waals surface area contributed by atoms with Crippen LogP contribution in [0.2, 0.25) is 0 Å². The van der Waals surface area contributed by atoms with Crippen LogP contribution < -0.4 is 0 Å². The number of amides is 1. The van der Waals surface area contributed by atoms with E-state index in [9.17, 15) is 13.2 Å². The number of ether oxygens (including phenoxy) is 1. The molecule has 1 heterocycles. The molecule has 0 atom stereocenters. The number of benzene rings is 1. The summed E-state index contributed by atoms with van der Waals surface area (Å²) in [5, 5.41) is 0. The van der Waals surface area contributed by atoms with Gasteiger partial charge in [-0.25, -0.2) is 4.79 Å². The minimum atomic E-state index is -3.75. The molecule has 0 bridgehead atoms. The van der Waals surface area contributed by atoms with Crippen molar-refractivity contribution in [3.63, 3.8) is 0 Å². The summed E-state index contributed by atoms with van der Waals surface area (Å²) in [4.78, 5) is 13.9. The lowest BCUT2D eigenvalue weighted by Gasteiger charge is -2.31. The van der Waals surface area contributed by atoms with Crippen LogP contribution in [-0.2, 0) is 19.0 Å². The molecule has 0 saturated carbocycles. The van der Waals surface area contributed by atoms with Crippen LogP contribution in [0, 0.1) is 6.92 Å². The second-order valence-corrected chi connectivity index (χ2v) is 9.00. The zero-order chi connectivity index (χ0) is 19.4. The Balaban J connectivity index is 1.84. The van der Waals surface area contributed by atoms with Crippen LogP contribution in [0.25, 0.3) is 0 Å². The van der Waals surface area contributed by atoms with Gasteiger partial charge in [0.05, 0.1) is 11.5 Å². The SMILES string of the molecule is Cc1ccc(S(=O)(=O)OCC=C2CCN(C(=O)OC(C)(C)C)CC2)cc1. The molecule has 0 unspecified atom stereocenters. The van der Waals surface area contributed by atoms with Crippen LogP contribution >= 0.6 is 0 Å². The van der Waals surface area contributed by atoms with Crippen molar-refractivity contribution in [3.05, 3.63) is 41.5 Å². The van der Waals surface area contributed by atoms with E-state index in [1.54, 1.807) is 23.1 Å². The van der Waals surface area contributed by atoms with E-state index in [0.29, 0.717) is 25.9 Å². The first kappa shape index (κ1) is 20.5. The molecule has 144 valence electrons. The third kappa shape index (κ3) is 6.14. The van der Waals surface area contributed by atoms with Crippen molar-refractivity contribution in [2.24, 2.45) is 0 Å². The summed E-state index contributed by atoms with van der Waals surface area (Å²) < 4.78 is 34.7. The number of nitrogens with zero attached hydrogens (tertiary/aromatic N) is 1. The highest BCUT2D eigenvalue weighted by Gasteiger charge is 2.24. The summed E-state index contributed by atoms with van der Waals surface area (Å²) in [6, 6.07) is 6.55. The van der Waals surface area contributed by atoms with E-state index in [0.717, 1.165) is 11.1 Å². The van der Waals surface area contributed by atoms with Crippen LogP contribution in [0.3, 0.4) is 0 Å². The first-order valence-corrected chi connectivity index (χ1v) is 10.1. The second kappa shape index (κ2) is 8.22. The number of rotatable bonds is 4. The van der Waals surface area contributed by atoms with Crippen molar-refractivity contribution in [1.82, 2.24) is 4.90 Å². The summed E-state index contributed by atoms with van der Waals surface area (Å²) >= 11 is 0. The molecule has 0 N–H and O–H groups in total. The molecule has 1 saturated heterocycles. The van der Waals surface area contributed by atoms with Crippen LogP contribution in [0.4, 0.5) is 4.79 Å². The van der Waals surface area contributed by atoms with E-state index < -0.39 is 15.7 Å². The summed E-state index contributed by atoms with van der Waals surface area (Å²) in [6.45, 7) is 8.53. The van der Waals surface area contributed by atoms with Crippen molar-refractivity contribution in [2.75, 3.05) is 19.7 Å². The largest absolute Gasteiger partial charge is 0.444 e. The summed E-state index contributed by atoms with van der Waals surface area (Å²) in [5.41, 5.74) is 1.57. The van der Waals surface area contributed by atoms with E-state index in [1.807, 2.05) is 27.7 Å². The Kier molecular flexibility index (Phi) is 6.47. The van der Waals surface area contributed by atoms with Gasteiger partial charge in [-0.15, -0.1) is 0 Å². The third-order valence-corrected chi connectivity index (χ3v) is 5.26. The van der Waals surface area contributed by atoms with Gasteiger partial charge in [-0.1, -0.05) is 29.3 Å². The molecule has 0 aliphatic carbocycles. The van der Waals surface area contributed by atoms with Gasteiger partial charge in [0.25, 0.3) is 10.1 Å². The van der Waals surface area contributed by atoms with Gasteiger partial charge < -0.3 is 9.64 Å². The summed E-state index contributed by atoms with van der Waals surface area (Å²) in [7, 11) is -3.75.